The molecular formula is C20H26N4O. The predicted octanol–water partition coefficient (Wildman–Crippen LogP) is 3.26. The lowest BCUT2D eigenvalue weighted by molar-refractivity contribution is -0.109. The number of nitrogens with one attached hydrogen (secondary N) is 1. The third-order valence-corrected chi connectivity index (χ3v) is 4.14. The minimum absolute atomic E-state index is 0.363. The van der Waals surface area contributed by atoms with Crippen LogP contribution in [0.3, 0.4) is 0 Å². The predicted molar refractivity (Wildman–Crippen MR) is 101 cm³/mol. The molecule has 0 aliphatic rings. The molecular weight excluding hydrogens is 312 g/mol. The van der Waals surface area contributed by atoms with Crippen LogP contribution in [0.1, 0.15) is 49.3 Å². The molecule has 0 aromatic carbocycles. The van der Waals surface area contributed by atoms with E-state index in [1.54, 1.807) is 6.20 Å². The molecule has 1 atom stereocenters. The maximum Gasteiger partial charge on any atom is 0.207 e. The van der Waals surface area contributed by atoms with Gasteiger partial charge in [-0.2, -0.15) is 0 Å². The Balaban J connectivity index is 1.95. The minimum Gasteiger partial charge on any atom is -0.402 e. The van der Waals surface area contributed by atoms with Crippen molar-refractivity contribution in [2.24, 2.45) is 5.73 Å². The number of unbranched alkanes of at least 4 members (excludes halogenated alkanes) is 2. The summed E-state index contributed by atoms with van der Waals surface area (Å²) in [6.45, 7) is 0.741. The van der Waals surface area contributed by atoms with Crippen LogP contribution in [0.4, 0.5) is 0 Å². The summed E-state index contributed by atoms with van der Waals surface area (Å²) in [7, 11) is 0. The summed E-state index contributed by atoms with van der Waals surface area (Å²) in [5.41, 5.74) is 9.25. The Morgan fingerprint density at radius 3 is 2.68 bits per heavy atom. The van der Waals surface area contributed by atoms with Gasteiger partial charge in [-0.05, 0) is 61.1 Å². The van der Waals surface area contributed by atoms with E-state index in [1.165, 1.54) is 5.56 Å². The molecule has 3 N–H and O–H groups in total. The molecule has 0 saturated heterocycles. The van der Waals surface area contributed by atoms with Crippen LogP contribution in [0, 0.1) is 0 Å². The van der Waals surface area contributed by atoms with Crippen LogP contribution < -0.4 is 11.1 Å². The van der Waals surface area contributed by atoms with Crippen molar-refractivity contribution in [2.75, 3.05) is 6.54 Å². The Bertz CT molecular complexity index is 643. The summed E-state index contributed by atoms with van der Waals surface area (Å²) in [6.07, 6.45) is 13.2. The molecule has 0 fully saturated rings. The first kappa shape index (κ1) is 18.6. The summed E-state index contributed by atoms with van der Waals surface area (Å²) >= 11 is 0. The molecule has 0 radical (unpaired) electrons. The number of rotatable bonds is 11. The van der Waals surface area contributed by atoms with E-state index in [2.05, 4.69) is 27.4 Å². The van der Waals surface area contributed by atoms with E-state index in [1.807, 2.05) is 36.7 Å². The zero-order valence-corrected chi connectivity index (χ0v) is 14.5. The van der Waals surface area contributed by atoms with Gasteiger partial charge < -0.3 is 11.1 Å². The molecule has 1 unspecified atom stereocenters. The summed E-state index contributed by atoms with van der Waals surface area (Å²) < 4.78 is 0. The van der Waals surface area contributed by atoms with Gasteiger partial charge in [-0.3, -0.25) is 14.8 Å². The van der Waals surface area contributed by atoms with Crippen LogP contribution >= 0.6 is 0 Å². The fourth-order valence-corrected chi connectivity index (χ4v) is 2.87. The van der Waals surface area contributed by atoms with Crippen LogP contribution in [0.15, 0.2) is 54.6 Å². The maximum atomic E-state index is 10.3. The van der Waals surface area contributed by atoms with Crippen molar-refractivity contribution in [3.05, 3.63) is 65.9 Å². The number of allylic oxidation sites excluding steroid dienone is 1. The number of amides is 1. The minimum atomic E-state index is 0.363. The van der Waals surface area contributed by atoms with Crippen molar-refractivity contribution in [3.8, 4) is 0 Å². The van der Waals surface area contributed by atoms with Crippen LogP contribution in [-0.2, 0) is 4.79 Å². The normalized spacial score (nSPS) is 12.6. The Morgan fingerprint density at radius 2 is 1.96 bits per heavy atom. The number of hydrogen-bond acceptors (Lipinski definition) is 4. The molecule has 0 bridgehead atoms. The Kier molecular flexibility index (Phi) is 8.18. The summed E-state index contributed by atoms with van der Waals surface area (Å²) in [5, 5.41) is 2.70. The van der Waals surface area contributed by atoms with Gasteiger partial charge in [-0.25, -0.2) is 0 Å². The van der Waals surface area contributed by atoms with E-state index in [0.717, 1.165) is 56.4 Å². The van der Waals surface area contributed by atoms with E-state index in [0.29, 0.717) is 5.92 Å². The third kappa shape index (κ3) is 7.16. The van der Waals surface area contributed by atoms with Crippen molar-refractivity contribution < 1.29 is 4.79 Å². The van der Waals surface area contributed by atoms with Crippen molar-refractivity contribution in [1.82, 2.24) is 15.3 Å². The molecule has 2 heterocycles. The van der Waals surface area contributed by atoms with Gasteiger partial charge in [0.15, 0.2) is 0 Å². The number of aromatic nitrogens is 2. The Morgan fingerprint density at radius 1 is 1.12 bits per heavy atom. The first-order chi connectivity index (χ1) is 12.3. The maximum absolute atomic E-state index is 10.3. The largest absolute Gasteiger partial charge is 0.402 e. The molecule has 5 heteroatoms. The molecule has 1 amide bonds. The Labute approximate surface area is 149 Å². The van der Waals surface area contributed by atoms with E-state index in [9.17, 15) is 4.79 Å². The highest BCUT2D eigenvalue weighted by Crippen LogP contribution is 2.28. The van der Waals surface area contributed by atoms with Crippen molar-refractivity contribution in [1.29, 1.82) is 0 Å². The second-order valence-corrected chi connectivity index (χ2v) is 6.08. The fraction of sp³-hybridized carbons (Fsp3) is 0.350. The number of carbonyl (C=O) groups excluding carboxylic acids is 1. The van der Waals surface area contributed by atoms with Gasteiger partial charge >= 0.3 is 0 Å². The standard InChI is InChI=1S/C20H26N4O/c21-19(15-20-7-3-5-11-24-20)14-18(17-8-12-22-13-9-17)6-2-1-4-10-23-16-25/h3,5,7-9,11-13,15-16,18H,1-2,4,6,10,14,21H2,(H,23,25). The number of pyridine rings is 2. The molecule has 0 spiro atoms. The van der Waals surface area contributed by atoms with Gasteiger partial charge in [0.05, 0.1) is 5.69 Å². The molecule has 132 valence electrons. The molecule has 2 aromatic heterocycles. The lowest BCUT2D eigenvalue weighted by atomic mass is 9.89. The monoisotopic (exact) mass is 338 g/mol. The molecule has 0 aliphatic carbocycles. The molecule has 2 rings (SSSR count). The zero-order valence-electron chi connectivity index (χ0n) is 14.5. The molecule has 2 aromatic rings. The van der Waals surface area contributed by atoms with E-state index < -0.39 is 0 Å². The van der Waals surface area contributed by atoms with Gasteiger partial charge in [0.25, 0.3) is 0 Å². The summed E-state index contributed by atoms with van der Waals surface area (Å²) in [4.78, 5) is 18.7. The van der Waals surface area contributed by atoms with Gasteiger partial charge in [0.1, 0.15) is 0 Å². The Hall–Kier alpha value is -2.69. The summed E-state index contributed by atoms with van der Waals surface area (Å²) in [5.74, 6) is 0.363. The average molecular weight is 338 g/mol. The van der Waals surface area contributed by atoms with E-state index in [4.69, 9.17) is 5.73 Å². The SMILES string of the molecule is NC(=Cc1ccccn1)CC(CCCCCNC=O)c1ccncc1. The summed E-state index contributed by atoms with van der Waals surface area (Å²) in [6, 6.07) is 9.93. The molecule has 5 nitrogen and oxygen atoms in total. The molecule has 0 saturated carbocycles. The highest BCUT2D eigenvalue weighted by molar-refractivity contribution is 5.48. The van der Waals surface area contributed by atoms with Gasteiger partial charge in [0.2, 0.25) is 6.41 Å². The number of hydrogen-bond donors (Lipinski definition) is 2. The highest BCUT2D eigenvalue weighted by Gasteiger charge is 2.12. The van der Waals surface area contributed by atoms with Crippen LogP contribution in [-0.4, -0.2) is 22.9 Å². The fourth-order valence-electron chi connectivity index (χ4n) is 2.87. The number of nitrogens with two attached hydrogens (primary N) is 1. The lowest BCUT2D eigenvalue weighted by Crippen LogP contribution is -2.12. The van der Waals surface area contributed by atoms with E-state index >= 15 is 0 Å². The van der Waals surface area contributed by atoms with Crippen molar-refractivity contribution >= 4 is 12.5 Å². The first-order valence-corrected chi connectivity index (χ1v) is 8.73. The molecule has 0 aliphatic heterocycles. The quantitative estimate of drug-likeness (QED) is 0.487. The third-order valence-electron chi connectivity index (χ3n) is 4.14. The second kappa shape index (κ2) is 11.0. The first-order valence-electron chi connectivity index (χ1n) is 8.73. The van der Waals surface area contributed by atoms with Gasteiger partial charge in [-0.1, -0.05) is 18.9 Å². The van der Waals surface area contributed by atoms with Crippen LogP contribution in [0.5, 0.6) is 0 Å². The van der Waals surface area contributed by atoms with Gasteiger partial charge in [-0.15, -0.1) is 0 Å². The van der Waals surface area contributed by atoms with Gasteiger partial charge in [0, 0.05) is 30.8 Å². The molecule has 25 heavy (non-hydrogen) atoms. The topological polar surface area (TPSA) is 80.9 Å². The smallest absolute Gasteiger partial charge is 0.207 e. The second-order valence-electron chi connectivity index (χ2n) is 6.08. The average Bonchev–Trinajstić information content (AvgIpc) is 2.65. The lowest BCUT2D eigenvalue weighted by Gasteiger charge is -2.17. The number of carbonyl (C=O) groups is 1. The van der Waals surface area contributed by atoms with E-state index in [-0.39, 0.29) is 0 Å². The van der Waals surface area contributed by atoms with Crippen LogP contribution in [0.25, 0.3) is 6.08 Å². The highest BCUT2D eigenvalue weighted by atomic mass is 16.1. The van der Waals surface area contributed by atoms with Crippen molar-refractivity contribution in [2.45, 2.75) is 38.0 Å². The number of nitrogens with zero attached hydrogens (tertiary/aromatic N) is 2. The zero-order chi connectivity index (χ0) is 17.7. The van der Waals surface area contributed by atoms with Crippen LogP contribution in [0.2, 0.25) is 0 Å². The van der Waals surface area contributed by atoms with Crippen molar-refractivity contribution in [3.63, 3.8) is 0 Å².